The maximum absolute atomic E-state index is 6.01. The molecule has 0 aromatic carbocycles. The molecule has 0 radical (unpaired) electrons. The molecule has 1 fully saturated rings. The number of guanidine groups is 1. The molecular weight excluding hydrogens is 254 g/mol. The van der Waals surface area contributed by atoms with Crippen molar-refractivity contribution in [3.63, 3.8) is 0 Å². The molecule has 106 valence electrons. The van der Waals surface area contributed by atoms with Gasteiger partial charge in [-0.3, -0.25) is 4.99 Å². The Bertz CT molecular complexity index is 403. The molecule has 0 bridgehead atoms. The predicted octanol–water partition coefficient (Wildman–Crippen LogP) is 3.26. The van der Waals surface area contributed by atoms with Crippen LogP contribution in [0.5, 0.6) is 0 Å². The lowest BCUT2D eigenvalue weighted by Gasteiger charge is -2.24. The van der Waals surface area contributed by atoms with Crippen molar-refractivity contribution >= 4 is 17.3 Å². The first-order valence-corrected chi connectivity index (χ1v) is 8.06. The Morgan fingerprint density at radius 1 is 1.42 bits per heavy atom. The normalized spacial score (nSPS) is 18.5. The van der Waals surface area contributed by atoms with E-state index < -0.39 is 0 Å². The fourth-order valence-electron chi connectivity index (χ4n) is 2.53. The van der Waals surface area contributed by atoms with Crippen molar-refractivity contribution in [3.8, 4) is 0 Å². The fourth-order valence-corrected chi connectivity index (χ4v) is 3.37. The number of hydrogen-bond acceptors (Lipinski definition) is 2. The third kappa shape index (κ3) is 4.23. The highest BCUT2D eigenvalue weighted by Crippen LogP contribution is 2.27. The molecule has 0 aliphatic heterocycles. The van der Waals surface area contributed by atoms with Crippen molar-refractivity contribution in [1.29, 1.82) is 0 Å². The third-order valence-corrected chi connectivity index (χ3v) is 5.03. The molecule has 2 rings (SSSR count). The number of aliphatic imine (C=N–C) groups is 1. The van der Waals surface area contributed by atoms with Gasteiger partial charge in [-0.2, -0.15) is 0 Å². The molecular formula is C15H25N3S. The Morgan fingerprint density at radius 3 is 2.79 bits per heavy atom. The zero-order valence-corrected chi connectivity index (χ0v) is 12.8. The smallest absolute Gasteiger partial charge is 0.188 e. The molecule has 0 unspecified atom stereocenters. The fraction of sp³-hybridized carbons (Fsp3) is 0.667. The molecule has 0 spiro atoms. The Hall–Kier alpha value is -1.03. The van der Waals surface area contributed by atoms with E-state index in [0.717, 1.165) is 6.54 Å². The van der Waals surface area contributed by atoms with Crippen LogP contribution in [-0.2, 0) is 5.41 Å². The maximum Gasteiger partial charge on any atom is 0.188 e. The van der Waals surface area contributed by atoms with Gasteiger partial charge in [-0.15, -0.1) is 11.3 Å². The Labute approximate surface area is 120 Å². The summed E-state index contributed by atoms with van der Waals surface area (Å²) in [5.41, 5.74) is 6.07. The van der Waals surface area contributed by atoms with Gasteiger partial charge in [0.25, 0.3) is 0 Å². The molecule has 3 nitrogen and oxygen atoms in total. The summed E-state index contributed by atoms with van der Waals surface area (Å²) in [6, 6.07) is 4.79. The van der Waals surface area contributed by atoms with Gasteiger partial charge in [0.2, 0.25) is 0 Å². The van der Waals surface area contributed by atoms with E-state index in [-0.39, 0.29) is 5.41 Å². The summed E-state index contributed by atoms with van der Waals surface area (Å²) in [6.45, 7) is 5.17. The second-order valence-electron chi connectivity index (χ2n) is 6.04. The van der Waals surface area contributed by atoms with Crippen molar-refractivity contribution < 1.29 is 0 Å². The summed E-state index contributed by atoms with van der Waals surface area (Å²) < 4.78 is 0. The molecule has 1 aliphatic rings. The van der Waals surface area contributed by atoms with Gasteiger partial charge < -0.3 is 11.1 Å². The van der Waals surface area contributed by atoms with Crippen LogP contribution < -0.4 is 11.1 Å². The number of nitrogens with zero attached hydrogens (tertiary/aromatic N) is 1. The third-order valence-electron chi connectivity index (χ3n) is 3.79. The number of rotatable bonds is 4. The van der Waals surface area contributed by atoms with Crippen LogP contribution in [-0.4, -0.2) is 18.5 Å². The Balaban J connectivity index is 1.86. The monoisotopic (exact) mass is 279 g/mol. The first-order valence-electron chi connectivity index (χ1n) is 7.18. The number of nitrogens with two attached hydrogens (primary N) is 1. The molecule has 1 saturated carbocycles. The summed E-state index contributed by atoms with van der Waals surface area (Å²) in [7, 11) is 0. The number of thiophene rings is 1. The minimum absolute atomic E-state index is 0.0625. The first-order chi connectivity index (χ1) is 9.08. The van der Waals surface area contributed by atoms with E-state index in [1.165, 1.54) is 37.0 Å². The Morgan fingerprint density at radius 2 is 2.16 bits per heavy atom. The van der Waals surface area contributed by atoms with Gasteiger partial charge in [-0.05, 0) is 24.3 Å². The highest BCUT2D eigenvalue weighted by Gasteiger charge is 2.21. The lowest BCUT2D eigenvalue weighted by atomic mass is 9.92. The van der Waals surface area contributed by atoms with E-state index in [1.54, 1.807) is 11.3 Å². The lowest BCUT2D eigenvalue weighted by molar-refractivity contribution is 0.411. The highest BCUT2D eigenvalue weighted by molar-refractivity contribution is 7.10. The standard InChI is InChI=1S/C15H25N3S/c1-15(2,13-9-6-10-19-13)11-17-14(16)18-12-7-4-3-5-8-12/h6,9-10,12H,3-5,7-8,11H2,1-2H3,(H3,16,17,18). The van der Waals surface area contributed by atoms with Gasteiger partial charge in [0.15, 0.2) is 5.96 Å². The van der Waals surface area contributed by atoms with Crippen LogP contribution in [0.4, 0.5) is 0 Å². The summed E-state index contributed by atoms with van der Waals surface area (Å²) in [6.07, 6.45) is 6.44. The van der Waals surface area contributed by atoms with Gasteiger partial charge in [-0.25, -0.2) is 0 Å². The highest BCUT2D eigenvalue weighted by atomic mass is 32.1. The first kappa shape index (κ1) is 14.4. The summed E-state index contributed by atoms with van der Waals surface area (Å²) in [4.78, 5) is 5.90. The number of hydrogen-bond donors (Lipinski definition) is 2. The predicted molar refractivity (Wildman–Crippen MR) is 83.8 cm³/mol. The van der Waals surface area contributed by atoms with E-state index in [2.05, 4.69) is 41.7 Å². The molecule has 4 heteroatoms. The average Bonchev–Trinajstić information content (AvgIpc) is 2.92. The second kappa shape index (κ2) is 6.42. The van der Waals surface area contributed by atoms with Crippen LogP contribution in [0.1, 0.15) is 50.8 Å². The zero-order chi connectivity index (χ0) is 13.7. The van der Waals surface area contributed by atoms with Gasteiger partial charge >= 0.3 is 0 Å². The second-order valence-corrected chi connectivity index (χ2v) is 6.99. The van der Waals surface area contributed by atoms with Crippen LogP contribution >= 0.6 is 11.3 Å². The van der Waals surface area contributed by atoms with Gasteiger partial charge in [0.1, 0.15) is 0 Å². The lowest BCUT2D eigenvalue weighted by Crippen LogP contribution is -2.41. The molecule has 19 heavy (non-hydrogen) atoms. The van der Waals surface area contributed by atoms with Crippen LogP contribution in [0.25, 0.3) is 0 Å². The summed E-state index contributed by atoms with van der Waals surface area (Å²) in [5, 5.41) is 5.48. The van der Waals surface area contributed by atoms with E-state index >= 15 is 0 Å². The summed E-state index contributed by atoms with van der Waals surface area (Å²) in [5.74, 6) is 0.608. The van der Waals surface area contributed by atoms with E-state index in [9.17, 15) is 0 Å². The van der Waals surface area contributed by atoms with E-state index in [1.807, 2.05) is 0 Å². The molecule has 1 aromatic heterocycles. The molecule has 0 amide bonds. The topological polar surface area (TPSA) is 50.4 Å². The van der Waals surface area contributed by atoms with Gasteiger partial charge in [0, 0.05) is 16.3 Å². The minimum atomic E-state index is 0.0625. The van der Waals surface area contributed by atoms with Crippen LogP contribution in [0.15, 0.2) is 22.5 Å². The molecule has 3 N–H and O–H groups in total. The zero-order valence-electron chi connectivity index (χ0n) is 12.0. The van der Waals surface area contributed by atoms with Crippen molar-refractivity contribution in [2.45, 2.75) is 57.4 Å². The molecule has 0 saturated heterocycles. The molecule has 1 aromatic rings. The number of nitrogens with one attached hydrogen (secondary N) is 1. The van der Waals surface area contributed by atoms with Crippen LogP contribution in [0, 0.1) is 0 Å². The molecule has 1 heterocycles. The summed E-state index contributed by atoms with van der Waals surface area (Å²) >= 11 is 1.79. The SMILES string of the molecule is CC(C)(CN=C(N)NC1CCCCC1)c1cccs1. The van der Waals surface area contributed by atoms with Gasteiger partial charge in [-0.1, -0.05) is 39.2 Å². The van der Waals surface area contributed by atoms with Crippen molar-refractivity contribution in [3.05, 3.63) is 22.4 Å². The van der Waals surface area contributed by atoms with Crippen LogP contribution in [0.2, 0.25) is 0 Å². The van der Waals surface area contributed by atoms with Crippen LogP contribution in [0.3, 0.4) is 0 Å². The Kier molecular flexibility index (Phi) is 4.86. The van der Waals surface area contributed by atoms with E-state index in [4.69, 9.17) is 5.73 Å². The quantitative estimate of drug-likeness (QED) is 0.656. The average molecular weight is 279 g/mol. The molecule has 1 aliphatic carbocycles. The van der Waals surface area contributed by atoms with Crippen molar-refractivity contribution in [2.24, 2.45) is 10.7 Å². The van der Waals surface area contributed by atoms with Crippen molar-refractivity contribution in [2.75, 3.05) is 6.54 Å². The largest absolute Gasteiger partial charge is 0.370 e. The maximum atomic E-state index is 6.01. The minimum Gasteiger partial charge on any atom is -0.370 e. The van der Waals surface area contributed by atoms with Gasteiger partial charge in [0.05, 0.1) is 6.54 Å². The molecule has 0 atom stereocenters. The van der Waals surface area contributed by atoms with E-state index in [0.29, 0.717) is 12.0 Å². The van der Waals surface area contributed by atoms with Crippen molar-refractivity contribution in [1.82, 2.24) is 5.32 Å².